The number of carbonyl (C=O) groups excluding carboxylic acids is 3. The molecule has 0 atom stereocenters. The van der Waals surface area contributed by atoms with E-state index in [2.05, 4.69) is 5.32 Å². The van der Waals surface area contributed by atoms with Crippen molar-refractivity contribution in [3.63, 3.8) is 0 Å². The second-order valence-electron chi connectivity index (χ2n) is 3.76. The Balaban J connectivity index is 2.25. The molecule has 1 aliphatic heterocycles. The number of benzene rings is 1. The molecular formula is C11H8Cl2N2O3. The Morgan fingerprint density at radius 2 is 1.78 bits per heavy atom. The third kappa shape index (κ3) is 2.63. The number of imide groups is 1. The second-order valence-corrected chi connectivity index (χ2v) is 4.60. The molecule has 18 heavy (non-hydrogen) atoms. The van der Waals surface area contributed by atoms with Crippen molar-refractivity contribution >= 4 is 40.9 Å². The highest BCUT2D eigenvalue weighted by molar-refractivity contribution is 6.36. The summed E-state index contributed by atoms with van der Waals surface area (Å²) in [7, 11) is 0. The minimum Gasteiger partial charge on any atom is -0.320 e. The number of nitrogens with one attached hydrogen (secondary N) is 1. The smallest absolute Gasteiger partial charge is 0.256 e. The number of hydrogen-bond acceptors (Lipinski definition) is 3. The van der Waals surface area contributed by atoms with Gasteiger partial charge in [0, 0.05) is 5.02 Å². The Hall–Kier alpha value is -1.59. The topological polar surface area (TPSA) is 66.5 Å². The number of nitrogens with zero attached hydrogens (tertiary/aromatic N) is 1. The first kappa shape index (κ1) is 12.9. The Labute approximate surface area is 113 Å². The fourth-order valence-electron chi connectivity index (χ4n) is 1.61. The van der Waals surface area contributed by atoms with Gasteiger partial charge in [-0.15, -0.1) is 0 Å². The van der Waals surface area contributed by atoms with Crippen molar-refractivity contribution in [2.75, 3.05) is 13.1 Å². The highest BCUT2D eigenvalue weighted by atomic mass is 35.5. The van der Waals surface area contributed by atoms with Gasteiger partial charge in [-0.2, -0.15) is 0 Å². The van der Waals surface area contributed by atoms with E-state index in [0.717, 1.165) is 4.90 Å². The molecule has 1 fully saturated rings. The van der Waals surface area contributed by atoms with Crippen molar-refractivity contribution in [1.82, 2.24) is 10.2 Å². The lowest BCUT2D eigenvalue weighted by Gasteiger charge is -2.25. The molecule has 94 valence electrons. The summed E-state index contributed by atoms with van der Waals surface area (Å²) >= 11 is 11.6. The van der Waals surface area contributed by atoms with Gasteiger partial charge in [-0.25, -0.2) is 0 Å². The predicted molar refractivity (Wildman–Crippen MR) is 65.5 cm³/mol. The van der Waals surface area contributed by atoms with Gasteiger partial charge in [0.1, 0.15) is 13.1 Å². The Morgan fingerprint density at radius 3 is 2.33 bits per heavy atom. The normalized spacial score (nSPS) is 15.6. The van der Waals surface area contributed by atoms with Crippen LogP contribution >= 0.6 is 23.2 Å². The standard InChI is InChI=1S/C11H8Cl2N2O3/c12-6-1-2-7(8(13)3-6)11(18)15-4-9(16)14-10(17)5-15/h1-3H,4-5H2,(H,14,16,17). The largest absolute Gasteiger partial charge is 0.320 e. The minimum absolute atomic E-state index is 0.163. The number of halogens is 2. The summed E-state index contributed by atoms with van der Waals surface area (Å²) in [4.78, 5) is 35.6. The van der Waals surface area contributed by atoms with Crippen LogP contribution in [0.5, 0.6) is 0 Å². The van der Waals surface area contributed by atoms with Crippen LogP contribution in [-0.4, -0.2) is 35.7 Å². The third-order valence-corrected chi connectivity index (χ3v) is 2.94. The molecule has 7 heteroatoms. The van der Waals surface area contributed by atoms with Crippen LogP contribution in [0.1, 0.15) is 10.4 Å². The van der Waals surface area contributed by atoms with Crippen molar-refractivity contribution in [2.45, 2.75) is 0 Å². The van der Waals surface area contributed by atoms with E-state index in [-0.39, 0.29) is 23.7 Å². The maximum atomic E-state index is 12.1. The van der Waals surface area contributed by atoms with Crippen molar-refractivity contribution in [1.29, 1.82) is 0 Å². The molecule has 0 radical (unpaired) electrons. The zero-order chi connectivity index (χ0) is 13.3. The molecular weight excluding hydrogens is 279 g/mol. The molecule has 0 aromatic heterocycles. The van der Waals surface area contributed by atoms with E-state index in [1.165, 1.54) is 18.2 Å². The molecule has 3 amide bonds. The predicted octanol–water partition coefficient (Wildman–Crippen LogP) is 1.09. The van der Waals surface area contributed by atoms with Crippen molar-refractivity contribution in [3.8, 4) is 0 Å². The van der Waals surface area contributed by atoms with Gasteiger partial charge < -0.3 is 4.90 Å². The van der Waals surface area contributed by atoms with Gasteiger partial charge >= 0.3 is 0 Å². The third-order valence-electron chi connectivity index (χ3n) is 2.40. The molecule has 0 unspecified atom stereocenters. The molecule has 0 spiro atoms. The lowest BCUT2D eigenvalue weighted by atomic mass is 10.2. The summed E-state index contributed by atoms with van der Waals surface area (Å²) in [6.07, 6.45) is 0. The fourth-order valence-corrected chi connectivity index (χ4v) is 2.10. The molecule has 5 nitrogen and oxygen atoms in total. The molecule has 0 aliphatic carbocycles. The molecule has 0 saturated carbocycles. The van der Waals surface area contributed by atoms with Crippen LogP contribution in [0.25, 0.3) is 0 Å². The van der Waals surface area contributed by atoms with E-state index in [4.69, 9.17) is 23.2 Å². The summed E-state index contributed by atoms with van der Waals surface area (Å²) in [6.45, 7) is -0.326. The first-order chi connectivity index (χ1) is 8.47. The Morgan fingerprint density at radius 1 is 1.17 bits per heavy atom. The first-order valence-corrected chi connectivity index (χ1v) is 5.80. The molecule has 1 aliphatic rings. The number of carbonyl (C=O) groups is 3. The number of amides is 3. The highest BCUT2D eigenvalue weighted by Gasteiger charge is 2.28. The van der Waals surface area contributed by atoms with Crippen LogP contribution in [0.15, 0.2) is 18.2 Å². The van der Waals surface area contributed by atoms with Crippen LogP contribution in [0.2, 0.25) is 10.0 Å². The summed E-state index contributed by atoms with van der Waals surface area (Å²) in [5.74, 6) is -1.49. The van der Waals surface area contributed by atoms with Crippen LogP contribution in [-0.2, 0) is 9.59 Å². The number of hydrogen-bond donors (Lipinski definition) is 1. The molecule has 1 aromatic rings. The van der Waals surface area contributed by atoms with E-state index < -0.39 is 17.7 Å². The van der Waals surface area contributed by atoms with Crippen LogP contribution in [0.4, 0.5) is 0 Å². The van der Waals surface area contributed by atoms with Crippen molar-refractivity contribution in [3.05, 3.63) is 33.8 Å². The Kier molecular flexibility index (Phi) is 3.54. The molecule has 1 N–H and O–H groups in total. The van der Waals surface area contributed by atoms with E-state index in [1.807, 2.05) is 0 Å². The fraction of sp³-hybridized carbons (Fsp3) is 0.182. The van der Waals surface area contributed by atoms with E-state index in [0.29, 0.717) is 5.02 Å². The maximum Gasteiger partial charge on any atom is 0.256 e. The zero-order valence-corrected chi connectivity index (χ0v) is 10.6. The summed E-state index contributed by atoms with van der Waals surface area (Å²) in [5, 5.41) is 2.71. The van der Waals surface area contributed by atoms with Gasteiger partial charge in [-0.3, -0.25) is 19.7 Å². The zero-order valence-electron chi connectivity index (χ0n) is 9.07. The van der Waals surface area contributed by atoms with Gasteiger partial charge in [0.2, 0.25) is 11.8 Å². The summed E-state index contributed by atoms with van der Waals surface area (Å²) in [5.41, 5.74) is 0.212. The van der Waals surface area contributed by atoms with Gasteiger partial charge in [-0.05, 0) is 18.2 Å². The quantitative estimate of drug-likeness (QED) is 0.786. The van der Waals surface area contributed by atoms with Crippen LogP contribution < -0.4 is 5.32 Å². The Bertz CT molecular complexity index is 529. The molecule has 1 heterocycles. The lowest BCUT2D eigenvalue weighted by molar-refractivity contribution is -0.135. The van der Waals surface area contributed by atoms with E-state index >= 15 is 0 Å². The highest BCUT2D eigenvalue weighted by Crippen LogP contribution is 2.22. The van der Waals surface area contributed by atoms with Crippen molar-refractivity contribution < 1.29 is 14.4 Å². The van der Waals surface area contributed by atoms with Gasteiger partial charge in [0.05, 0.1) is 10.6 Å². The van der Waals surface area contributed by atoms with Crippen molar-refractivity contribution in [2.24, 2.45) is 0 Å². The minimum atomic E-state index is -0.510. The van der Waals surface area contributed by atoms with E-state index in [9.17, 15) is 14.4 Å². The van der Waals surface area contributed by atoms with Crippen LogP contribution in [0.3, 0.4) is 0 Å². The van der Waals surface area contributed by atoms with Gasteiger partial charge in [0.25, 0.3) is 5.91 Å². The van der Waals surface area contributed by atoms with Gasteiger partial charge in [0.15, 0.2) is 0 Å². The molecule has 1 aromatic carbocycles. The maximum absolute atomic E-state index is 12.1. The average Bonchev–Trinajstić information content (AvgIpc) is 2.26. The second kappa shape index (κ2) is 4.96. The number of rotatable bonds is 1. The summed E-state index contributed by atoms with van der Waals surface area (Å²) in [6, 6.07) is 4.42. The lowest BCUT2D eigenvalue weighted by Crippen LogP contribution is -2.53. The first-order valence-electron chi connectivity index (χ1n) is 5.04. The average molecular weight is 287 g/mol. The molecule has 2 rings (SSSR count). The van der Waals surface area contributed by atoms with E-state index in [1.54, 1.807) is 0 Å². The number of piperazine rings is 1. The molecule has 1 saturated heterocycles. The van der Waals surface area contributed by atoms with Gasteiger partial charge in [-0.1, -0.05) is 23.2 Å². The summed E-state index contributed by atoms with van der Waals surface area (Å²) < 4.78 is 0. The monoisotopic (exact) mass is 286 g/mol. The SMILES string of the molecule is O=C1CN(C(=O)c2ccc(Cl)cc2Cl)CC(=O)N1. The molecule has 0 bridgehead atoms. The van der Waals surface area contributed by atoms with Crippen LogP contribution in [0, 0.1) is 0 Å².